The number of anilines is 2. The number of benzene rings is 2. The maximum absolute atomic E-state index is 13.6. The Morgan fingerprint density at radius 1 is 1.03 bits per heavy atom. The van der Waals surface area contributed by atoms with E-state index in [1.807, 2.05) is 11.8 Å². The lowest BCUT2D eigenvalue weighted by Gasteiger charge is -2.41. The number of aryl methyl sites for hydroxylation is 1. The van der Waals surface area contributed by atoms with Gasteiger partial charge in [-0.1, -0.05) is 0 Å². The van der Waals surface area contributed by atoms with Crippen molar-refractivity contribution in [3.8, 4) is 0 Å². The minimum Gasteiger partial charge on any atom is -0.464 e. The van der Waals surface area contributed by atoms with Gasteiger partial charge in [0, 0.05) is 44.1 Å². The smallest absolute Gasteiger partial charge is 0.418 e. The Balaban J connectivity index is 1.38. The topological polar surface area (TPSA) is 110 Å². The molecule has 182 valence electrons. The average molecular weight is 491 g/mol. The van der Waals surface area contributed by atoms with Gasteiger partial charge in [-0.2, -0.15) is 0 Å². The van der Waals surface area contributed by atoms with Crippen LogP contribution in [0.2, 0.25) is 0 Å². The summed E-state index contributed by atoms with van der Waals surface area (Å²) in [5.41, 5.74) is 2.64. The molecule has 0 spiro atoms. The Labute approximate surface area is 197 Å². The van der Waals surface area contributed by atoms with Crippen molar-refractivity contribution in [2.45, 2.75) is 30.7 Å². The molecule has 1 saturated heterocycles. The van der Waals surface area contributed by atoms with E-state index in [1.54, 1.807) is 24.3 Å². The standard InChI is InChI=1S/C23H27FN4O5S/c1-16(28-10-2-3-17-15-18(24)4-9-21(17)28)22(29)27-13-11-26(12-14-27)19-5-7-20(8-6-19)34(32,33)25-23(30)31/h4-9,15-16,25H,2-3,10-14H2,1H3,(H,30,31)/t16-/m1/s1. The minimum absolute atomic E-state index is 0.0259. The second-order valence-electron chi connectivity index (χ2n) is 8.46. The fourth-order valence-corrected chi connectivity index (χ4v) is 5.43. The number of carbonyl (C=O) groups excluding carboxylic acids is 1. The molecule has 34 heavy (non-hydrogen) atoms. The quantitative estimate of drug-likeness (QED) is 0.662. The number of carbonyl (C=O) groups is 2. The molecule has 2 aliphatic rings. The average Bonchev–Trinajstić information content (AvgIpc) is 2.82. The number of nitrogens with zero attached hydrogens (tertiary/aromatic N) is 3. The first-order chi connectivity index (χ1) is 16.2. The van der Waals surface area contributed by atoms with Crippen molar-refractivity contribution >= 4 is 33.4 Å². The highest BCUT2D eigenvalue weighted by molar-refractivity contribution is 7.90. The molecule has 2 aromatic rings. The maximum atomic E-state index is 13.6. The van der Waals surface area contributed by atoms with E-state index < -0.39 is 16.1 Å². The predicted octanol–water partition coefficient (Wildman–Crippen LogP) is 2.27. The van der Waals surface area contributed by atoms with Crippen LogP contribution in [-0.2, 0) is 21.2 Å². The number of amides is 2. The highest BCUT2D eigenvalue weighted by atomic mass is 32.2. The molecule has 1 atom stereocenters. The normalized spacial score (nSPS) is 17.2. The Morgan fingerprint density at radius 2 is 1.71 bits per heavy atom. The molecule has 2 N–H and O–H groups in total. The zero-order valence-electron chi connectivity index (χ0n) is 18.8. The summed E-state index contributed by atoms with van der Waals surface area (Å²) in [5, 5.41) is 8.67. The molecule has 0 aromatic heterocycles. The minimum atomic E-state index is -4.12. The lowest BCUT2D eigenvalue weighted by Crippen LogP contribution is -2.55. The number of rotatable bonds is 5. The van der Waals surface area contributed by atoms with E-state index in [4.69, 9.17) is 5.11 Å². The second kappa shape index (κ2) is 9.49. The number of sulfonamides is 1. The van der Waals surface area contributed by atoms with Crippen LogP contribution < -0.4 is 14.5 Å². The Kier molecular flexibility index (Phi) is 6.65. The Bertz CT molecular complexity index is 1180. The summed E-state index contributed by atoms with van der Waals surface area (Å²) in [6.45, 7) is 4.84. The number of hydrogen-bond donors (Lipinski definition) is 2. The van der Waals surface area contributed by atoms with Crippen molar-refractivity contribution in [3.05, 3.63) is 53.8 Å². The van der Waals surface area contributed by atoms with Crippen LogP contribution >= 0.6 is 0 Å². The van der Waals surface area contributed by atoms with Gasteiger partial charge in [-0.25, -0.2) is 22.3 Å². The first kappa shape index (κ1) is 23.8. The van der Waals surface area contributed by atoms with Crippen molar-refractivity contribution in [2.75, 3.05) is 42.5 Å². The van der Waals surface area contributed by atoms with Crippen LogP contribution in [0.15, 0.2) is 47.4 Å². The molecule has 1 fully saturated rings. The summed E-state index contributed by atoms with van der Waals surface area (Å²) in [5.74, 6) is -0.238. The number of carboxylic acid groups (broad SMARTS) is 1. The molecule has 0 saturated carbocycles. The van der Waals surface area contributed by atoms with Gasteiger partial charge in [0.25, 0.3) is 10.0 Å². The van der Waals surface area contributed by atoms with Gasteiger partial charge in [-0.15, -0.1) is 0 Å². The third kappa shape index (κ3) is 4.93. The fraction of sp³-hybridized carbons (Fsp3) is 0.391. The maximum Gasteiger partial charge on any atom is 0.418 e. The van der Waals surface area contributed by atoms with Crippen molar-refractivity contribution in [3.63, 3.8) is 0 Å². The van der Waals surface area contributed by atoms with Crippen LogP contribution in [0.25, 0.3) is 0 Å². The highest BCUT2D eigenvalue weighted by Gasteiger charge is 2.31. The van der Waals surface area contributed by atoms with Crippen LogP contribution in [0.1, 0.15) is 18.9 Å². The monoisotopic (exact) mass is 490 g/mol. The zero-order valence-corrected chi connectivity index (χ0v) is 19.6. The van der Waals surface area contributed by atoms with E-state index >= 15 is 0 Å². The number of halogens is 1. The SMILES string of the molecule is C[C@H](C(=O)N1CCN(c2ccc(S(=O)(=O)NC(=O)O)cc2)CC1)N1CCCc2cc(F)ccc21. The molecular formula is C23H27FN4O5S. The van der Waals surface area contributed by atoms with Crippen LogP contribution in [0, 0.1) is 5.82 Å². The third-order valence-electron chi connectivity index (χ3n) is 6.35. The van der Waals surface area contributed by atoms with Crippen molar-refractivity contribution in [1.82, 2.24) is 9.62 Å². The first-order valence-corrected chi connectivity index (χ1v) is 12.6. The Hall–Kier alpha value is -3.34. The molecular weight excluding hydrogens is 463 g/mol. The van der Waals surface area contributed by atoms with Gasteiger partial charge in [-0.3, -0.25) is 4.79 Å². The van der Waals surface area contributed by atoms with E-state index in [2.05, 4.69) is 9.80 Å². The third-order valence-corrected chi connectivity index (χ3v) is 7.68. The van der Waals surface area contributed by atoms with E-state index in [1.165, 1.54) is 22.9 Å². The molecule has 0 radical (unpaired) electrons. The first-order valence-electron chi connectivity index (χ1n) is 11.1. The van der Waals surface area contributed by atoms with Crippen molar-refractivity contribution < 1.29 is 27.5 Å². The summed E-state index contributed by atoms with van der Waals surface area (Å²) < 4.78 is 39.1. The predicted molar refractivity (Wildman–Crippen MR) is 125 cm³/mol. The second-order valence-corrected chi connectivity index (χ2v) is 10.1. The molecule has 2 amide bonds. The Morgan fingerprint density at radius 3 is 2.35 bits per heavy atom. The highest BCUT2D eigenvalue weighted by Crippen LogP contribution is 2.30. The number of hydrogen-bond acceptors (Lipinski definition) is 6. The van der Waals surface area contributed by atoms with Gasteiger partial charge in [0.05, 0.1) is 4.90 Å². The van der Waals surface area contributed by atoms with Crippen LogP contribution in [-0.4, -0.2) is 69.2 Å². The summed E-state index contributed by atoms with van der Waals surface area (Å²) in [7, 11) is -4.12. The summed E-state index contributed by atoms with van der Waals surface area (Å²) >= 11 is 0. The van der Waals surface area contributed by atoms with Crippen LogP contribution in [0.3, 0.4) is 0 Å². The fourth-order valence-electron chi connectivity index (χ4n) is 4.59. The zero-order chi connectivity index (χ0) is 24.5. The number of piperazine rings is 1. The largest absolute Gasteiger partial charge is 0.464 e. The summed E-state index contributed by atoms with van der Waals surface area (Å²) in [4.78, 5) is 29.7. The van der Waals surface area contributed by atoms with E-state index in [0.29, 0.717) is 26.2 Å². The molecule has 2 aromatic carbocycles. The number of nitrogens with one attached hydrogen (secondary N) is 1. The summed E-state index contributed by atoms with van der Waals surface area (Å²) in [6, 6.07) is 10.3. The van der Waals surface area contributed by atoms with Crippen LogP contribution in [0.5, 0.6) is 0 Å². The van der Waals surface area contributed by atoms with Gasteiger partial charge in [0.15, 0.2) is 0 Å². The van der Waals surface area contributed by atoms with Gasteiger partial charge >= 0.3 is 6.09 Å². The van der Waals surface area contributed by atoms with Gasteiger partial charge < -0.3 is 19.8 Å². The van der Waals surface area contributed by atoms with Gasteiger partial charge in [0.1, 0.15) is 11.9 Å². The molecule has 2 heterocycles. The molecule has 0 unspecified atom stereocenters. The van der Waals surface area contributed by atoms with E-state index in [-0.39, 0.29) is 22.7 Å². The lowest BCUT2D eigenvalue weighted by molar-refractivity contribution is -0.132. The van der Waals surface area contributed by atoms with E-state index in [0.717, 1.165) is 36.3 Å². The van der Waals surface area contributed by atoms with Crippen LogP contribution in [0.4, 0.5) is 20.6 Å². The number of fused-ring (bicyclic) bond motifs is 1. The molecule has 0 aliphatic carbocycles. The van der Waals surface area contributed by atoms with Gasteiger partial charge in [0.2, 0.25) is 5.91 Å². The molecule has 9 nitrogen and oxygen atoms in total. The molecule has 4 rings (SSSR count). The molecule has 2 aliphatic heterocycles. The van der Waals surface area contributed by atoms with Gasteiger partial charge in [-0.05, 0) is 67.8 Å². The van der Waals surface area contributed by atoms with Crippen molar-refractivity contribution in [2.24, 2.45) is 0 Å². The lowest BCUT2D eigenvalue weighted by atomic mass is 9.99. The molecule has 11 heteroatoms. The van der Waals surface area contributed by atoms with E-state index in [9.17, 15) is 22.4 Å². The molecule has 0 bridgehead atoms. The van der Waals surface area contributed by atoms with Crippen molar-refractivity contribution in [1.29, 1.82) is 0 Å². The summed E-state index contributed by atoms with van der Waals surface area (Å²) in [6.07, 6.45) is 0.0323.